The minimum atomic E-state index is -0.804. The minimum Gasteiger partial charge on any atom is -0.310 e. The van der Waals surface area contributed by atoms with E-state index in [0.29, 0.717) is 5.69 Å². The van der Waals surface area contributed by atoms with E-state index in [1.54, 1.807) is 12.3 Å². The second-order valence-corrected chi connectivity index (χ2v) is 10.6. The molecule has 6 aromatic rings. The normalized spacial score (nSPS) is 13.4. The van der Waals surface area contributed by atoms with Crippen molar-refractivity contribution in [3.63, 3.8) is 0 Å². The number of halogens is 4. The molecule has 1 heterocycles. The zero-order valence-corrected chi connectivity index (χ0v) is 22.0. The van der Waals surface area contributed by atoms with Crippen molar-refractivity contribution in [1.29, 1.82) is 0 Å². The Balaban J connectivity index is 1.45. The molecule has 42 heavy (non-hydrogen) atoms. The van der Waals surface area contributed by atoms with E-state index in [-0.39, 0.29) is 11.4 Å². The molecule has 1 spiro atoms. The third kappa shape index (κ3) is 3.35. The summed E-state index contributed by atoms with van der Waals surface area (Å²) in [5, 5.41) is 0. The van der Waals surface area contributed by atoms with Crippen LogP contribution in [0, 0.1) is 23.3 Å². The van der Waals surface area contributed by atoms with Gasteiger partial charge in [-0.2, -0.15) is 0 Å². The zero-order chi connectivity index (χ0) is 28.6. The second kappa shape index (κ2) is 8.88. The van der Waals surface area contributed by atoms with Gasteiger partial charge in [0.2, 0.25) is 0 Å². The Labute approximate surface area is 239 Å². The first-order chi connectivity index (χ1) is 20.4. The van der Waals surface area contributed by atoms with E-state index in [2.05, 4.69) is 29.2 Å². The van der Waals surface area contributed by atoms with Crippen LogP contribution in [-0.2, 0) is 5.41 Å². The lowest BCUT2D eigenvalue weighted by Crippen LogP contribution is -2.26. The van der Waals surface area contributed by atoms with Crippen LogP contribution in [0.2, 0.25) is 0 Å². The molecule has 0 atom stereocenters. The van der Waals surface area contributed by atoms with Crippen molar-refractivity contribution in [2.75, 3.05) is 4.90 Å². The van der Waals surface area contributed by atoms with Gasteiger partial charge in [-0.05, 0) is 87.0 Å². The van der Waals surface area contributed by atoms with E-state index in [4.69, 9.17) is 0 Å². The van der Waals surface area contributed by atoms with Gasteiger partial charge in [0.15, 0.2) is 0 Å². The molecule has 0 saturated heterocycles. The Bertz CT molecular complexity index is 1910. The molecular weight excluding hydrogens is 536 g/mol. The van der Waals surface area contributed by atoms with Gasteiger partial charge < -0.3 is 4.90 Å². The first-order valence-corrected chi connectivity index (χ1v) is 13.5. The number of aromatic nitrogens is 1. The maximum atomic E-state index is 14.5. The molecule has 0 unspecified atom stereocenters. The van der Waals surface area contributed by atoms with E-state index in [1.807, 2.05) is 48.7 Å². The predicted octanol–water partition coefficient (Wildman–Crippen LogP) is 9.45. The van der Waals surface area contributed by atoms with Crippen LogP contribution in [0.15, 0.2) is 122 Å². The monoisotopic (exact) mass is 556 g/mol. The number of anilines is 3. The van der Waals surface area contributed by atoms with Crippen LogP contribution in [0.1, 0.15) is 22.3 Å². The molecular formula is C36H20F4N2. The Morgan fingerprint density at radius 1 is 0.452 bits per heavy atom. The van der Waals surface area contributed by atoms with E-state index in [9.17, 15) is 17.6 Å². The summed E-state index contributed by atoms with van der Waals surface area (Å²) < 4.78 is 58.1. The van der Waals surface area contributed by atoms with E-state index >= 15 is 0 Å². The van der Waals surface area contributed by atoms with E-state index < -0.39 is 28.7 Å². The van der Waals surface area contributed by atoms with Crippen molar-refractivity contribution >= 4 is 17.1 Å². The average molecular weight is 557 g/mol. The van der Waals surface area contributed by atoms with Crippen LogP contribution < -0.4 is 4.90 Å². The third-order valence-corrected chi connectivity index (χ3v) is 8.34. The summed E-state index contributed by atoms with van der Waals surface area (Å²) >= 11 is 0. The minimum absolute atomic E-state index is 0.0934. The Kier molecular flexibility index (Phi) is 5.19. The number of rotatable bonds is 3. The van der Waals surface area contributed by atoms with Crippen molar-refractivity contribution in [2.24, 2.45) is 0 Å². The number of hydrogen-bond donors (Lipinski definition) is 0. The summed E-state index contributed by atoms with van der Waals surface area (Å²) in [6, 6.07) is 30.4. The fraction of sp³-hybridized carbons (Fsp3) is 0.0278. The Morgan fingerprint density at radius 2 is 0.952 bits per heavy atom. The van der Waals surface area contributed by atoms with Crippen molar-refractivity contribution in [2.45, 2.75) is 5.41 Å². The van der Waals surface area contributed by atoms with Gasteiger partial charge in [-0.15, -0.1) is 0 Å². The van der Waals surface area contributed by atoms with Gasteiger partial charge in [-0.3, -0.25) is 4.98 Å². The van der Waals surface area contributed by atoms with Gasteiger partial charge >= 0.3 is 0 Å². The Morgan fingerprint density at radius 3 is 1.52 bits per heavy atom. The topological polar surface area (TPSA) is 16.1 Å². The van der Waals surface area contributed by atoms with Crippen LogP contribution in [0.5, 0.6) is 0 Å². The Hall–Kier alpha value is -5.23. The maximum absolute atomic E-state index is 14.5. The molecule has 1 aromatic heterocycles. The molecule has 0 saturated carbocycles. The molecule has 6 heteroatoms. The molecule has 0 aliphatic heterocycles. The van der Waals surface area contributed by atoms with E-state index in [1.165, 1.54) is 4.90 Å². The molecule has 2 aliphatic carbocycles. The van der Waals surface area contributed by atoms with Gasteiger partial charge in [0.25, 0.3) is 0 Å². The summed E-state index contributed by atoms with van der Waals surface area (Å²) in [7, 11) is 0. The molecule has 8 rings (SSSR count). The lowest BCUT2D eigenvalue weighted by molar-refractivity contribution is 0.582. The second-order valence-electron chi connectivity index (χ2n) is 10.6. The maximum Gasteiger partial charge on any atom is 0.128 e. The number of pyridine rings is 1. The molecule has 202 valence electrons. The van der Waals surface area contributed by atoms with Gasteiger partial charge in [0.05, 0.1) is 16.8 Å². The molecule has 0 radical (unpaired) electrons. The van der Waals surface area contributed by atoms with E-state index in [0.717, 1.165) is 80.9 Å². The highest BCUT2D eigenvalue weighted by molar-refractivity contribution is 5.96. The predicted molar refractivity (Wildman–Crippen MR) is 155 cm³/mol. The standard InChI is InChI=1S/C36H20F4N2/c37-21-13-22(38)16-26(15-21)42(27-17-23(39)14-24(40)18-27)25-9-10-30-31-11-12-41-20-35(31)36(34(30)19-25)32-7-3-1-5-28(32)29-6-2-4-8-33(29)36/h1-20H. The highest BCUT2D eigenvalue weighted by atomic mass is 19.1. The summed E-state index contributed by atoms with van der Waals surface area (Å²) in [6.07, 6.45) is 3.66. The highest BCUT2D eigenvalue weighted by Crippen LogP contribution is 2.63. The SMILES string of the molecule is Fc1cc(F)cc(N(c2cc(F)cc(F)c2)c2ccc3c(c2)C2(c4ccccc4-c4ccccc42)c2cnccc2-3)c1. The van der Waals surface area contributed by atoms with Gasteiger partial charge in [-0.25, -0.2) is 17.6 Å². The summed E-state index contributed by atoms with van der Waals surface area (Å²) in [5.74, 6) is -3.22. The first kappa shape index (κ1) is 24.6. The average Bonchev–Trinajstić information content (AvgIpc) is 3.44. The highest BCUT2D eigenvalue weighted by Gasteiger charge is 2.52. The van der Waals surface area contributed by atoms with Crippen LogP contribution in [-0.4, -0.2) is 4.98 Å². The molecule has 0 N–H and O–H groups in total. The van der Waals surface area contributed by atoms with Crippen molar-refractivity contribution < 1.29 is 17.6 Å². The smallest absolute Gasteiger partial charge is 0.128 e. The van der Waals surface area contributed by atoms with Crippen LogP contribution in [0.3, 0.4) is 0 Å². The van der Waals surface area contributed by atoms with Crippen molar-refractivity contribution in [3.8, 4) is 22.3 Å². The molecule has 2 nitrogen and oxygen atoms in total. The van der Waals surface area contributed by atoms with Crippen LogP contribution in [0.4, 0.5) is 34.6 Å². The molecule has 0 fully saturated rings. The first-order valence-electron chi connectivity index (χ1n) is 13.5. The lowest BCUT2D eigenvalue weighted by Gasteiger charge is -2.32. The fourth-order valence-corrected chi connectivity index (χ4v) is 6.89. The van der Waals surface area contributed by atoms with Crippen molar-refractivity contribution in [1.82, 2.24) is 4.98 Å². The summed E-state index contributed by atoms with van der Waals surface area (Å²) in [5.41, 5.74) is 8.35. The van der Waals surface area contributed by atoms with Crippen LogP contribution >= 0.6 is 0 Å². The number of hydrogen-bond acceptors (Lipinski definition) is 2. The van der Waals surface area contributed by atoms with Crippen LogP contribution in [0.25, 0.3) is 22.3 Å². The van der Waals surface area contributed by atoms with Crippen molar-refractivity contribution in [3.05, 3.63) is 167 Å². The van der Waals surface area contributed by atoms with Gasteiger partial charge in [0, 0.05) is 30.2 Å². The third-order valence-electron chi connectivity index (χ3n) is 8.34. The molecule has 0 amide bonds. The zero-order valence-electron chi connectivity index (χ0n) is 22.0. The fourth-order valence-electron chi connectivity index (χ4n) is 6.89. The molecule has 0 bridgehead atoms. The summed E-state index contributed by atoms with van der Waals surface area (Å²) in [4.78, 5) is 5.99. The number of benzene rings is 5. The van der Waals surface area contributed by atoms with Gasteiger partial charge in [-0.1, -0.05) is 54.6 Å². The number of nitrogens with zero attached hydrogens (tertiary/aromatic N) is 2. The molecule has 2 aliphatic rings. The summed E-state index contributed by atoms with van der Waals surface area (Å²) in [6.45, 7) is 0. The lowest BCUT2D eigenvalue weighted by atomic mass is 9.71. The number of fused-ring (bicyclic) bond motifs is 10. The largest absolute Gasteiger partial charge is 0.310 e. The molecule has 5 aromatic carbocycles. The van der Waals surface area contributed by atoms with Gasteiger partial charge in [0.1, 0.15) is 23.3 Å². The quantitative estimate of drug-likeness (QED) is 0.202.